The molecule has 2 aromatic rings. The van der Waals surface area contributed by atoms with Gasteiger partial charge in [0.15, 0.2) is 0 Å². The number of hydrogen-bond donors (Lipinski definition) is 1. The molecular weight excluding hydrogens is 509 g/mol. The van der Waals surface area contributed by atoms with Crippen LogP contribution in [0.2, 0.25) is 16.7 Å². The van der Waals surface area contributed by atoms with Crippen LogP contribution in [0.5, 0.6) is 0 Å². The summed E-state index contributed by atoms with van der Waals surface area (Å²) in [5, 5.41) is 1.49. The Morgan fingerprint density at radius 1 is 1.08 bits per heavy atom. The molecule has 2 heterocycles. The first-order valence-corrected chi connectivity index (χ1v) is 12.6. The molecule has 190 valence electrons. The van der Waals surface area contributed by atoms with Gasteiger partial charge in [-0.1, -0.05) is 35.9 Å². The summed E-state index contributed by atoms with van der Waals surface area (Å²) in [6, 6.07) is 9.77. The van der Waals surface area contributed by atoms with Crippen LogP contribution < -0.4 is 5.32 Å². The molecule has 0 aromatic heterocycles. The van der Waals surface area contributed by atoms with E-state index in [1.807, 2.05) is 0 Å². The maximum Gasteiger partial charge on any atom is 0.348 e. The van der Waals surface area contributed by atoms with Gasteiger partial charge in [-0.3, -0.25) is 24.5 Å². The zero-order valence-corrected chi connectivity index (χ0v) is 22.8. The fourth-order valence-electron chi connectivity index (χ4n) is 5.16. The Morgan fingerprint density at radius 3 is 2.26 bits per heavy atom. The molecule has 4 amide bonds. The van der Waals surface area contributed by atoms with E-state index in [2.05, 4.69) is 5.32 Å². The fourth-order valence-corrected chi connectivity index (χ4v) is 5.28. The number of halogens is 3. The minimum absolute atomic E-state index is 0.103. The number of rotatable bonds is 5. The molecule has 0 spiro atoms. The number of amides is 4. The Morgan fingerprint density at radius 2 is 1.66 bits per heavy atom. The normalized spacial score (nSPS) is 23.7. The number of piperidine rings is 1. The van der Waals surface area contributed by atoms with Gasteiger partial charge in [0.1, 0.15) is 39.2 Å². The molecule has 16 heteroatoms. The predicted molar refractivity (Wildman–Crippen MR) is 155 cm³/mol. The van der Waals surface area contributed by atoms with Crippen molar-refractivity contribution in [2.75, 3.05) is 0 Å². The van der Waals surface area contributed by atoms with Crippen molar-refractivity contribution in [3.8, 4) is 0 Å². The summed E-state index contributed by atoms with van der Waals surface area (Å²) < 4.78 is 30.3. The molecule has 0 radical (unpaired) electrons. The first-order valence-electron chi connectivity index (χ1n) is 12.3. The molecule has 4 rings (SSSR count). The van der Waals surface area contributed by atoms with Crippen molar-refractivity contribution in [1.29, 1.82) is 0 Å². The third-order valence-electron chi connectivity index (χ3n) is 8.54. The highest BCUT2D eigenvalue weighted by Gasteiger charge is 2.54. The maximum absolute atomic E-state index is 15.1. The molecular formula is C22H24B6ClF2N3O4. The van der Waals surface area contributed by atoms with Crippen molar-refractivity contribution in [3.63, 3.8) is 0 Å². The summed E-state index contributed by atoms with van der Waals surface area (Å²) in [5.74, 6) is -7.35. The average Bonchev–Trinajstić information content (AvgIpc) is 3.21. The van der Waals surface area contributed by atoms with Gasteiger partial charge in [0, 0.05) is 28.5 Å². The second-order valence-corrected chi connectivity index (χ2v) is 11.2. The van der Waals surface area contributed by atoms with Crippen LogP contribution >= 0.6 is 11.6 Å². The van der Waals surface area contributed by atoms with Crippen LogP contribution in [0, 0.1) is 0 Å². The summed E-state index contributed by atoms with van der Waals surface area (Å²) in [5.41, 5.74) is -0.187. The van der Waals surface area contributed by atoms with Crippen LogP contribution in [0.4, 0.5) is 8.78 Å². The number of carbonyl (C=O) groups excluding carboxylic acids is 4. The Kier molecular flexibility index (Phi) is 6.92. The molecule has 1 fully saturated rings. The van der Waals surface area contributed by atoms with Crippen LogP contribution in [0.25, 0.3) is 0 Å². The van der Waals surface area contributed by atoms with Gasteiger partial charge in [0.25, 0.3) is 11.8 Å². The molecule has 1 saturated heterocycles. The molecule has 2 aromatic carbocycles. The number of fused-ring (bicyclic) bond motifs is 1. The second kappa shape index (κ2) is 9.36. The average molecular weight is 533 g/mol. The largest absolute Gasteiger partial charge is 0.393 e. The second-order valence-electron chi connectivity index (χ2n) is 10.8. The molecule has 2 aliphatic rings. The van der Waals surface area contributed by atoms with Crippen molar-refractivity contribution < 1.29 is 28.0 Å². The summed E-state index contributed by atoms with van der Waals surface area (Å²) >= 11 is 5.81. The lowest BCUT2D eigenvalue weighted by atomic mass is 9.48. The Labute approximate surface area is 229 Å². The fraction of sp³-hybridized carbons (Fsp3) is 0.273. The SMILES string of the molecule is BC1C(=O)NC(=O)[C@@](B)(N2Cc3cc(C(B)(B)N(B)C(=O)C(F)(F)c4ccc(Cl)cc4)ccc3C2=O)C1B. The van der Waals surface area contributed by atoms with Crippen LogP contribution in [0.15, 0.2) is 42.5 Å². The van der Waals surface area contributed by atoms with Crippen molar-refractivity contribution in [1.82, 2.24) is 15.0 Å². The van der Waals surface area contributed by atoms with Gasteiger partial charge >= 0.3 is 5.92 Å². The van der Waals surface area contributed by atoms with Gasteiger partial charge in [0.05, 0.1) is 5.44 Å². The van der Waals surface area contributed by atoms with E-state index in [-0.39, 0.29) is 23.4 Å². The smallest absolute Gasteiger partial charge is 0.348 e. The minimum atomic E-state index is -3.78. The summed E-state index contributed by atoms with van der Waals surface area (Å²) in [4.78, 5) is 53.9. The van der Waals surface area contributed by atoms with Gasteiger partial charge in [-0.2, -0.15) is 8.78 Å². The monoisotopic (exact) mass is 533 g/mol. The van der Waals surface area contributed by atoms with E-state index in [1.54, 1.807) is 57.4 Å². The standard InChI is InChI=1S/C22H24B6ClF2N3O4/c23-14-15(24)20(25,18(37)32-16(14)35)33-8-9-7-11(3-6-13(9)17(33)36)22(26,27)34(28)19(38)21(30,31)10-1-4-12(29)5-2-10/h1-7,14-15H,8,23-28H2,(H,32,35,37)/t14?,15?,20-/m0/s1. The molecule has 1 N–H and O–H groups in total. The number of imide groups is 1. The highest BCUT2D eigenvalue weighted by molar-refractivity contribution is 6.44. The molecule has 0 saturated carbocycles. The molecule has 2 unspecified atom stereocenters. The Hall–Kier alpha value is -2.94. The van der Waals surface area contributed by atoms with Gasteiger partial charge in [-0.25, -0.2) is 0 Å². The lowest BCUT2D eigenvalue weighted by molar-refractivity contribution is -0.155. The lowest BCUT2D eigenvalue weighted by Gasteiger charge is -2.47. The highest BCUT2D eigenvalue weighted by Crippen LogP contribution is 2.42. The number of hydrogen-bond acceptors (Lipinski definition) is 4. The van der Waals surface area contributed by atoms with Crippen molar-refractivity contribution in [2.24, 2.45) is 0 Å². The van der Waals surface area contributed by atoms with Crippen molar-refractivity contribution in [3.05, 3.63) is 69.7 Å². The number of alkyl halides is 2. The van der Waals surface area contributed by atoms with Crippen LogP contribution in [0.3, 0.4) is 0 Å². The van der Waals surface area contributed by atoms with Crippen LogP contribution in [-0.4, -0.2) is 86.0 Å². The lowest BCUT2D eigenvalue weighted by Crippen LogP contribution is -2.67. The van der Waals surface area contributed by atoms with Crippen LogP contribution in [0.1, 0.15) is 27.0 Å². The predicted octanol–water partition coefficient (Wildman–Crippen LogP) is -3.33. The van der Waals surface area contributed by atoms with E-state index in [0.29, 0.717) is 16.7 Å². The summed E-state index contributed by atoms with van der Waals surface area (Å²) in [6.45, 7) is 0.103. The van der Waals surface area contributed by atoms with E-state index in [1.165, 1.54) is 25.0 Å². The Bertz CT molecular complexity index is 1370. The van der Waals surface area contributed by atoms with Crippen molar-refractivity contribution in [2.45, 2.75) is 34.9 Å². The van der Waals surface area contributed by atoms with Gasteiger partial charge in [0.2, 0.25) is 19.8 Å². The Balaban J connectivity index is 1.63. The molecule has 2 aliphatic heterocycles. The quantitative estimate of drug-likeness (QED) is 0.323. The van der Waals surface area contributed by atoms with Crippen LogP contribution in [-0.2, 0) is 32.2 Å². The highest BCUT2D eigenvalue weighted by atomic mass is 35.5. The third kappa shape index (κ3) is 4.19. The van der Waals surface area contributed by atoms with Gasteiger partial charge in [-0.05, 0) is 40.5 Å². The molecule has 7 nitrogen and oxygen atoms in total. The molecule has 0 bridgehead atoms. The van der Waals surface area contributed by atoms with E-state index in [0.717, 1.165) is 16.9 Å². The number of nitrogens with zero attached hydrogens (tertiary/aromatic N) is 2. The molecule has 0 aliphatic carbocycles. The first-order chi connectivity index (χ1) is 17.5. The van der Waals surface area contributed by atoms with E-state index in [4.69, 9.17) is 11.6 Å². The zero-order valence-electron chi connectivity index (χ0n) is 22.1. The van der Waals surface area contributed by atoms with Gasteiger partial charge < -0.3 is 9.71 Å². The third-order valence-corrected chi connectivity index (χ3v) is 8.79. The molecule has 3 atom stereocenters. The van der Waals surface area contributed by atoms with E-state index in [9.17, 15) is 19.2 Å². The topological polar surface area (TPSA) is 86.8 Å². The summed E-state index contributed by atoms with van der Waals surface area (Å²) in [6.07, 6.45) is 0. The molecule has 38 heavy (non-hydrogen) atoms. The van der Waals surface area contributed by atoms with Gasteiger partial charge in [-0.15, -0.1) is 0 Å². The number of nitrogens with one attached hydrogen (secondary N) is 1. The number of benzene rings is 2. The van der Waals surface area contributed by atoms with E-state index >= 15 is 8.78 Å². The van der Waals surface area contributed by atoms with E-state index < -0.39 is 45.7 Å². The van der Waals surface area contributed by atoms with Crippen molar-refractivity contribution >= 4 is 82.4 Å². The first kappa shape index (κ1) is 28.1. The minimum Gasteiger partial charge on any atom is -0.393 e. The maximum atomic E-state index is 15.1. The zero-order chi connectivity index (χ0) is 28.4. The summed E-state index contributed by atoms with van der Waals surface area (Å²) in [7, 11) is 9.73. The number of carbonyl (C=O) groups is 4.